The second-order valence-corrected chi connectivity index (χ2v) is 10.3. The number of hydroxylamine groups is 1. The van der Waals surface area contributed by atoms with Crippen molar-refractivity contribution in [3.8, 4) is 0 Å². The Hall–Kier alpha value is -1.51. The van der Waals surface area contributed by atoms with Gasteiger partial charge in [0.1, 0.15) is 18.3 Å². The fourth-order valence-electron chi connectivity index (χ4n) is 4.28. The van der Waals surface area contributed by atoms with E-state index in [0.717, 1.165) is 10.3 Å². The first-order valence-electron chi connectivity index (χ1n) is 10.6. The zero-order valence-corrected chi connectivity index (χ0v) is 18.9. The first-order valence-corrected chi connectivity index (χ1v) is 10.6. The molecule has 30 heavy (non-hydrogen) atoms. The lowest BCUT2D eigenvalue weighted by Crippen LogP contribution is -2.40. The second-order valence-electron chi connectivity index (χ2n) is 10.3. The zero-order chi connectivity index (χ0) is 21.9. The molecule has 3 fully saturated rings. The van der Waals surface area contributed by atoms with Gasteiger partial charge in [0.25, 0.3) is 6.23 Å². The number of fused-ring (bicyclic) bond motifs is 1. The standard InChI is InChI=1S/C23H33NO6/c1-21(2,3)15-10-8-14(9-11-15)12-24(25)20-19-18(29-23(6,7)30-19)17(27-20)16-13-26-22(4,5)28-16/h8-12,16-20H,13H2,1-7H3/b24-12-/t16-,17-,18+,19+,20+/m1/s1. The highest BCUT2D eigenvalue weighted by atomic mass is 16.8. The van der Waals surface area contributed by atoms with Crippen molar-refractivity contribution in [3.05, 3.63) is 40.6 Å². The minimum atomic E-state index is -0.823. The minimum absolute atomic E-state index is 0.0580. The zero-order valence-electron chi connectivity index (χ0n) is 18.9. The van der Waals surface area contributed by atoms with Gasteiger partial charge in [0.2, 0.25) is 0 Å². The first-order chi connectivity index (χ1) is 13.8. The fourth-order valence-corrected chi connectivity index (χ4v) is 4.28. The van der Waals surface area contributed by atoms with Crippen molar-refractivity contribution in [2.75, 3.05) is 6.61 Å². The SMILES string of the molecule is CC1(C)O[C@H]2[C@@H]([C@H]3COC(C)(C)O3)O[C@H](/[N+]([O-])=C/c3ccc(C(C)(C)C)cc3)[C@H]2O1. The molecular formula is C23H33NO6. The van der Waals surface area contributed by atoms with Crippen LogP contribution in [0.15, 0.2) is 24.3 Å². The van der Waals surface area contributed by atoms with E-state index in [0.29, 0.717) is 6.61 Å². The lowest BCUT2D eigenvalue weighted by atomic mass is 9.87. The van der Waals surface area contributed by atoms with E-state index >= 15 is 0 Å². The van der Waals surface area contributed by atoms with E-state index in [4.69, 9.17) is 23.7 Å². The van der Waals surface area contributed by atoms with Crippen LogP contribution in [-0.2, 0) is 29.1 Å². The molecule has 0 radical (unpaired) electrons. The van der Waals surface area contributed by atoms with Gasteiger partial charge in [-0.2, -0.15) is 4.74 Å². The molecule has 0 amide bonds. The van der Waals surface area contributed by atoms with Crippen molar-refractivity contribution in [1.29, 1.82) is 0 Å². The van der Waals surface area contributed by atoms with Crippen molar-refractivity contribution < 1.29 is 28.4 Å². The molecule has 0 aromatic heterocycles. The van der Waals surface area contributed by atoms with Gasteiger partial charge in [-0.05, 0) is 50.8 Å². The number of rotatable bonds is 3. The molecule has 0 unspecified atom stereocenters. The van der Waals surface area contributed by atoms with Gasteiger partial charge in [0, 0.05) is 5.56 Å². The van der Waals surface area contributed by atoms with Crippen LogP contribution in [0, 0.1) is 5.21 Å². The predicted octanol–water partition coefficient (Wildman–Crippen LogP) is 3.31. The topological polar surface area (TPSA) is 72.2 Å². The third-order valence-electron chi connectivity index (χ3n) is 5.77. The maximum absolute atomic E-state index is 13.1. The quantitative estimate of drug-likeness (QED) is 0.324. The molecule has 0 N–H and O–H groups in total. The van der Waals surface area contributed by atoms with Crippen molar-refractivity contribution in [2.24, 2.45) is 0 Å². The number of ether oxygens (including phenoxy) is 5. The summed E-state index contributed by atoms with van der Waals surface area (Å²) in [5.41, 5.74) is 2.08. The van der Waals surface area contributed by atoms with Crippen LogP contribution in [-0.4, -0.2) is 59.8 Å². The van der Waals surface area contributed by atoms with Crippen LogP contribution in [0.1, 0.15) is 59.6 Å². The Balaban J connectivity index is 1.56. The third-order valence-corrected chi connectivity index (χ3v) is 5.77. The summed E-state index contributed by atoms with van der Waals surface area (Å²) in [4.78, 5) is 0. The Labute approximate surface area is 178 Å². The Kier molecular flexibility index (Phi) is 5.27. The van der Waals surface area contributed by atoms with Gasteiger partial charge in [-0.3, -0.25) is 0 Å². The summed E-state index contributed by atoms with van der Waals surface area (Å²) >= 11 is 0. The van der Waals surface area contributed by atoms with Crippen molar-refractivity contribution in [1.82, 2.24) is 0 Å². The molecule has 5 atom stereocenters. The molecule has 3 aliphatic heterocycles. The van der Waals surface area contributed by atoms with E-state index in [1.165, 1.54) is 5.56 Å². The summed E-state index contributed by atoms with van der Waals surface area (Å²) in [5, 5.41) is 13.1. The Morgan fingerprint density at radius 3 is 2.13 bits per heavy atom. The number of hydrogen-bond acceptors (Lipinski definition) is 6. The van der Waals surface area contributed by atoms with Crippen LogP contribution >= 0.6 is 0 Å². The highest BCUT2D eigenvalue weighted by Crippen LogP contribution is 2.42. The average Bonchev–Trinajstić information content (AvgIpc) is 3.24. The van der Waals surface area contributed by atoms with Crippen LogP contribution < -0.4 is 0 Å². The Morgan fingerprint density at radius 1 is 0.933 bits per heavy atom. The van der Waals surface area contributed by atoms with Crippen LogP contribution in [0.25, 0.3) is 0 Å². The molecule has 0 saturated carbocycles. The van der Waals surface area contributed by atoms with E-state index in [-0.39, 0.29) is 11.5 Å². The molecule has 3 heterocycles. The van der Waals surface area contributed by atoms with E-state index in [2.05, 4.69) is 20.8 Å². The van der Waals surface area contributed by atoms with Gasteiger partial charge < -0.3 is 28.9 Å². The highest BCUT2D eigenvalue weighted by molar-refractivity contribution is 5.75. The van der Waals surface area contributed by atoms with Gasteiger partial charge in [-0.1, -0.05) is 32.9 Å². The molecular weight excluding hydrogens is 386 g/mol. The highest BCUT2D eigenvalue weighted by Gasteiger charge is 2.62. The molecule has 0 spiro atoms. The van der Waals surface area contributed by atoms with Gasteiger partial charge >= 0.3 is 0 Å². The van der Waals surface area contributed by atoms with E-state index < -0.39 is 36.1 Å². The molecule has 0 aliphatic carbocycles. The first kappa shape index (κ1) is 21.7. The molecule has 3 saturated heterocycles. The summed E-state index contributed by atoms with van der Waals surface area (Å²) in [6, 6.07) is 7.99. The number of benzene rings is 1. The van der Waals surface area contributed by atoms with Crippen molar-refractivity contribution in [2.45, 2.75) is 96.1 Å². The van der Waals surface area contributed by atoms with Gasteiger partial charge in [-0.15, -0.1) is 0 Å². The molecule has 0 bridgehead atoms. The molecule has 4 rings (SSSR count). The largest absolute Gasteiger partial charge is 0.622 e. The van der Waals surface area contributed by atoms with Gasteiger partial charge in [0.05, 0.1) is 6.61 Å². The monoisotopic (exact) mass is 419 g/mol. The van der Waals surface area contributed by atoms with Crippen LogP contribution in [0.5, 0.6) is 0 Å². The summed E-state index contributed by atoms with van der Waals surface area (Å²) in [7, 11) is 0. The molecule has 1 aromatic carbocycles. The summed E-state index contributed by atoms with van der Waals surface area (Å²) in [6.07, 6.45) is -0.968. The maximum Gasteiger partial charge on any atom is 0.297 e. The lowest BCUT2D eigenvalue weighted by molar-refractivity contribution is -0.562. The third kappa shape index (κ3) is 4.27. The maximum atomic E-state index is 13.1. The van der Waals surface area contributed by atoms with Gasteiger partial charge in [0.15, 0.2) is 23.9 Å². The van der Waals surface area contributed by atoms with E-state index in [9.17, 15) is 5.21 Å². The predicted molar refractivity (Wildman–Crippen MR) is 111 cm³/mol. The fraction of sp³-hybridized carbons (Fsp3) is 0.696. The molecule has 7 heteroatoms. The normalized spacial score (nSPS) is 35.6. The van der Waals surface area contributed by atoms with E-state index in [1.807, 2.05) is 52.0 Å². The second kappa shape index (κ2) is 7.28. The molecule has 1 aromatic rings. The smallest absolute Gasteiger partial charge is 0.297 e. The molecule has 7 nitrogen and oxygen atoms in total. The minimum Gasteiger partial charge on any atom is -0.622 e. The van der Waals surface area contributed by atoms with Crippen molar-refractivity contribution >= 4 is 6.21 Å². The Bertz CT molecular complexity index is 810. The van der Waals surface area contributed by atoms with Crippen LogP contribution in [0.2, 0.25) is 0 Å². The summed E-state index contributed by atoms with van der Waals surface area (Å²) in [5.74, 6) is -1.48. The summed E-state index contributed by atoms with van der Waals surface area (Å²) in [6.45, 7) is 14.3. The molecule has 3 aliphatic rings. The van der Waals surface area contributed by atoms with Crippen LogP contribution in [0.3, 0.4) is 0 Å². The number of nitrogens with zero attached hydrogens (tertiary/aromatic N) is 1. The molecule has 166 valence electrons. The average molecular weight is 420 g/mol. The van der Waals surface area contributed by atoms with Crippen molar-refractivity contribution in [3.63, 3.8) is 0 Å². The Morgan fingerprint density at radius 2 is 1.57 bits per heavy atom. The van der Waals surface area contributed by atoms with Gasteiger partial charge in [-0.25, -0.2) is 0 Å². The van der Waals surface area contributed by atoms with E-state index in [1.54, 1.807) is 6.21 Å². The lowest BCUT2D eigenvalue weighted by Gasteiger charge is -2.26. The summed E-state index contributed by atoms with van der Waals surface area (Å²) < 4.78 is 30.8. The number of hydrogen-bond donors (Lipinski definition) is 0. The van der Waals surface area contributed by atoms with Crippen LogP contribution in [0.4, 0.5) is 0 Å².